The third-order valence-corrected chi connectivity index (χ3v) is 5.16. The maximum atomic E-state index is 11.7. The van der Waals surface area contributed by atoms with Crippen LogP contribution in [0.1, 0.15) is 62.7 Å². The first kappa shape index (κ1) is 17.9. The monoisotopic (exact) mass is 347 g/mol. The highest BCUT2D eigenvalue weighted by molar-refractivity contribution is 5.97. The molecule has 1 amide bonds. The molecule has 7 heteroatoms. The van der Waals surface area contributed by atoms with Crippen LogP contribution >= 0.6 is 0 Å². The minimum absolute atomic E-state index is 0.280. The number of hydrogen-bond acceptors (Lipinski definition) is 6. The molecule has 7 nitrogen and oxygen atoms in total. The summed E-state index contributed by atoms with van der Waals surface area (Å²) < 4.78 is 5.69. The normalized spacial score (nSPS) is 24.6. The zero-order valence-corrected chi connectivity index (χ0v) is 15.1. The second-order valence-corrected chi connectivity index (χ2v) is 7.16. The standard InChI is InChI=1S/C18H29N5O2/c1-3-25-14-8-6-13(7-9-14)22-18-20-10-15(16(19)24)17(23-18)21-11(2)12-4-5-12/h10-14H,3-9H2,1-2H3,(H2,19,24)(H2,20,21,22,23). The third kappa shape index (κ3) is 4.81. The maximum absolute atomic E-state index is 11.7. The number of nitrogens with zero attached hydrogens (tertiary/aromatic N) is 2. The predicted octanol–water partition coefficient (Wildman–Crippen LogP) is 2.55. The molecule has 1 heterocycles. The fourth-order valence-electron chi connectivity index (χ4n) is 3.46. The molecular formula is C18H29N5O2. The molecule has 0 aromatic carbocycles. The van der Waals surface area contributed by atoms with E-state index in [1.54, 1.807) is 0 Å². The highest BCUT2D eigenvalue weighted by atomic mass is 16.5. The van der Waals surface area contributed by atoms with E-state index in [9.17, 15) is 4.79 Å². The zero-order chi connectivity index (χ0) is 17.8. The van der Waals surface area contributed by atoms with Crippen molar-refractivity contribution in [1.82, 2.24) is 9.97 Å². The summed E-state index contributed by atoms with van der Waals surface area (Å²) in [6, 6.07) is 0.618. The Morgan fingerprint density at radius 3 is 2.64 bits per heavy atom. The van der Waals surface area contributed by atoms with Gasteiger partial charge in [0.05, 0.1) is 11.7 Å². The summed E-state index contributed by atoms with van der Waals surface area (Å²) in [5.41, 5.74) is 5.81. The van der Waals surface area contributed by atoms with Crippen molar-refractivity contribution in [2.24, 2.45) is 11.7 Å². The van der Waals surface area contributed by atoms with Crippen molar-refractivity contribution in [1.29, 1.82) is 0 Å². The average molecular weight is 347 g/mol. The molecule has 3 rings (SSSR count). The van der Waals surface area contributed by atoms with Crippen LogP contribution in [0.5, 0.6) is 0 Å². The Labute approximate surface area is 149 Å². The van der Waals surface area contributed by atoms with Gasteiger partial charge in [-0.05, 0) is 58.3 Å². The summed E-state index contributed by atoms with van der Waals surface area (Å²) in [6.07, 6.45) is 8.51. The minimum Gasteiger partial charge on any atom is -0.379 e. The number of aromatic nitrogens is 2. The summed E-state index contributed by atoms with van der Waals surface area (Å²) >= 11 is 0. The Balaban J connectivity index is 1.64. The molecule has 0 aliphatic heterocycles. The molecule has 0 bridgehead atoms. The molecule has 4 N–H and O–H groups in total. The van der Waals surface area contributed by atoms with Crippen LogP contribution in [-0.4, -0.2) is 40.7 Å². The van der Waals surface area contributed by atoms with Crippen LogP contribution < -0.4 is 16.4 Å². The Hall–Kier alpha value is -1.89. The molecule has 1 atom stereocenters. The Morgan fingerprint density at radius 1 is 1.32 bits per heavy atom. The van der Waals surface area contributed by atoms with Gasteiger partial charge in [0, 0.05) is 24.9 Å². The van der Waals surface area contributed by atoms with E-state index in [2.05, 4.69) is 27.5 Å². The van der Waals surface area contributed by atoms with E-state index < -0.39 is 5.91 Å². The number of carbonyl (C=O) groups excluding carboxylic acids is 1. The van der Waals surface area contributed by atoms with Gasteiger partial charge in [0.1, 0.15) is 5.82 Å². The fraction of sp³-hybridized carbons (Fsp3) is 0.722. The fourth-order valence-corrected chi connectivity index (χ4v) is 3.46. The molecule has 25 heavy (non-hydrogen) atoms. The first-order valence-electron chi connectivity index (χ1n) is 9.38. The van der Waals surface area contributed by atoms with Crippen LogP contribution in [0.3, 0.4) is 0 Å². The second-order valence-electron chi connectivity index (χ2n) is 7.16. The van der Waals surface area contributed by atoms with Gasteiger partial charge in [-0.2, -0.15) is 4.98 Å². The molecule has 0 saturated heterocycles. The topological polar surface area (TPSA) is 102 Å². The first-order valence-corrected chi connectivity index (χ1v) is 9.38. The van der Waals surface area contributed by atoms with Crippen LogP contribution in [-0.2, 0) is 4.74 Å². The summed E-state index contributed by atoms with van der Waals surface area (Å²) in [4.78, 5) is 20.5. The lowest BCUT2D eigenvalue weighted by atomic mass is 9.93. The van der Waals surface area contributed by atoms with Crippen LogP contribution in [0.2, 0.25) is 0 Å². The molecule has 2 aliphatic carbocycles. The van der Waals surface area contributed by atoms with Crippen molar-refractivity contribution in [2.45, 2.75) is 70.6 Å². The van der Waals surface area contributed by atoms with Crippen LogP contribution in [0, 0.1) is 5.92 Å². The summed E-state index contributed by atoms with van der Waals surface area (Å²) in [7, 11) is 0. The van der Waals surface area contributed by atoms with Gasteiger partial charge in [0.15, 0.2) is 0 Å². The average Bonchev–Trinajstić information content (AvgIpc) is 3.42. The predicted molar refractivity (Wildman–Crippen MR) is 97.7 cm³/mol. The van der Waals surface area contributed by atoms with E-state index >= 15 is 0 Å². The highest BCUT2D eigenvalue weighted by Crippen LogP contribution is 2.34. The number of amides is 1. The van der Waals surface area contributed by atoms with E-state index in [4.69, 9.17) is 10.5 Å². The Morgan fingerprint density at radius 2 is 2.04 bits per heavy atom. The van der Waals surface area contributed by atoms with Crippen molar-refractivity contribution < 1.29 is 9.53 Å². The number of nitrogens with two attached hydrogens (primary N) is 1. The van der Waals surface area contributed by atoms with Crippen LogP contribution in [0.15, 0.2) is 6.20 Å². The Kier molecular flexibility index (Phi) is 5.73. The Bertz CT molecular complexity index is 597. The van der Waals surface area contributed by atoms with Gasteiger partial charge in [-0.3, -0.25) is 4.79 Å². The third-order valence-electron chi connectivity index (χ3n) is 5.16. The van der Waals surface area contributed by atoms with E-state index in [0.29, 0.717) is 35.4 Å². The number of primary amides is 1. The molecule has 2 aliphatic rings. The largest absolute Gasteiger partial charge is 0.379 e. The van der Waals surface area contributed by atoms with Gasteiger partial charge in [-0.15, -0.1) is 0 Å². The molecule has 1 aromatic rings. The number of rotatable bonds is 8. The van der Waals surface area contributed by atoms with E-state index in [1.165, 1.54) is 19.0 Å². The number of carbonyl (C=O) groups is 1. The van der Waals surface area contributed by atoms with Gasteiger partial charge in [0.2, 0.25) is 5.95 Å². The maximum Gasteiger partial charge on any atom is 0.254 e. The summed E-state index contributed by atoms with van der Waals surface area (Å²) in [5.74, 6) is 1.23. The van der Waals surface area contributed by atoms with Crippen molar-refractivity contribution in [2.75, 3.05) is 17.2 Å². The summed E-state index contributed by atoms with van der Waals surface area (Å²) in [6.45, 7) is 4.93. The molecular weight excluding hydrogens is 318 g/mol. The molecule has 0 radical (unpaired) electrons. The van der Waals surface area contributed by atoms with E-state index in [0.717, 1.165) is 32.3 Å². The number of anilines is 2. The van der Waals surface area contributed by atoms with E-state index in [-0.39, 0.29) is 6.04 Å². The van der Waals surface area contributed by atoms with Crippen LogP contribution in [0.4, 0.5) is 11.8 Å². The molecule has 2 fully saturated rings. The van der Waals surface area contributed by atoms with Gasteiger partial charge < -0.3 is 21.1 Å². The van der Waals surface area contributed by atoms with Crippen molar-refractivity contribution in [3.63, 3.8) is 0 Å². The van der Waals surface area contributed by atoms with Gasteiger partial charge in [0.25, 0.3) is 5.91 Å². The first-order chi connectivity index (χ1) is 12.1. The number of hydrogen-bond donors (Lipinski definition) is 3. The second kappa shape index (κ2) is 7.99. The van der Waals surface area contributed by atoms with Crippen molar-refractivity contribution in [3.05, 3.63) is 11.8 Å². The number of nitrogens with one attached hydrogen (secondary N) is 2. The van der Waals surface area contributed by atoms with Gasteiger partial charge >= 0.3 is 0 Å². The van der Waals surface area contributed by atoms with Crippen LogP contribution in [0.25, 0.3) is 0 Å². The quantitative estimate of drug-likeness (QED) is 0.668. The molecule has 1 aromatic heterocycles. The van der Waals surface area contributed by atoms with Gasteiger partial charge in [-0.25, -0.2) is 4.98 Å². The minimum atomic E-state index is -0.505. The van der Waals surface area contributed by atoms with E-state index in [1.807, 2.05) is 6.92 Å². The lowest BCUT2D eigenvalue weighted by molar-refractivity contribution is 0.0346. The summed E-state index contributed by atoms with van der Waals surface area (Å²) in [5, 5.41) is 6.74. The van der Waals surface area contributed by atoms with Crippen molar-refractivity contribution >= 4 is 17.7 Å². The van der Waals surface area contributed by atoms with Crippen molar-refractivity contribution in [3.8, 4) is 0 Å². The lowest BCUT2D eigenvalue weighted by Gasteiger charge is -2.29. The smallest absolute Gasteiger partial charge is 0.254 e. The molecule has 1 unspecified atom stereocenters. The zero-order valence-electron chi connectivity index (χ0n) is 15.1. The SMILES string of the molecule is CCOC1CCC(Nc2ncc(C(N)=O)c(NC(C)C3CC3)n2)CC1. The molecule has 2 saturated carbocycles. The molecule has 0 spiro atoms. The lowest BCUT2D eigenvalue weighted by Crippen LogP contribution is -2.31. The number of ether oxygens (including phenoxy) is 1. The highest BCUT2D eigenvalue weighted by Gasteiger charge is 2.29. The van der Waals surface area contributed by atoms with Gasteiger partial charge in [-0.1, -0.05) is 0 Å². The molecule has 138 valence electrons.